The van der Waals surface area contributed by atoms with Crippen molar-refractivity contribution in [3.63, 3.8) is 0 Å². The largest absolute Gasteiger partial charge is 0.310 e. The van der Waals surface area contributed by atoms with Gasteiger partial charge in [-0.1, -0.05) is 183 Å². The first-order chi connectivity index (χ1) is 31.7. The van der Waals surface area contributed by atoms with Crippen molar-refractivity contribution in [1.82, 2.24) is 0 Å². The van der Waals surface area contributed by atoms with Crippen molar-refractivity contribution >= 4 is 50.5 Å². The lowest BCUT2D eigenvalue weighted by Gasteiger charge is -2.36. The van der Waals surface area contributed by atoms with Gasteiger partial charge in [-0.05, 0) is 140 Å². The fraction of sp³-hybridized carbons (Fsp3) is 0.0323. The number of hydrogen-bond acceptors (Lipinski definition) is 2. The highest BCUT2D eigenvalue weighted by atomic mass is 15.1. The Morgan fingerprint density at radius 1 is 0.344 bits per heavy atom. The molecular formula is C62H44N2. The highest BCUT2D eigenvalue weighted by Gasteiger charge is 2.48. The van der Waals surface area contributed by atoms with Crippen LogP contribution in [0, 0.1) is 0 Å². The summed E-state index contributed by atoms with van der Waals surface area (Å²) in [7, 11) is 0. The van der Waals surface area contributed by atoms with Crippen molar-refractivity contribution < 1.29 is 0 Å². The molecule has 64 heavy (non-hydrogen) atoms. The molecule has 1 spiro atoms. The topological polar surface area (TPSA) is 6.48 Å². The normalized spacial score (nSPS) is 14.6. The van der Waals surface area contributed by atoms with Gasteiger partial charge in [0.2, 0.25) is 0 Å². The Hall–Kier alpha value is -8.20. The summed E-state index contributed by atoms with van der Waals surface area (Å²) in [6.45, 7) is 4.89. The van der Waals surface area contributed by atoms with Gasteiger partial charge >= 0.3 is 0 Å². The Kier molecular flexibility index (Phi) is 8.98. The molecule has 0 saturated heterocycles. The monoisotopic (exact) mass is 816 g/mol. The number of fused-ring (bicyclic) bond motifs is 9. The number of nitrogens with zero attached hydrogens (tertiary/aromatic N) is 2. The summed E-state index contributed by atoms with van der Waals surface area (Å²) < 4.78 is 0. The van der Waals surface area contributed by atoms with Crippen molar-refractivity contribution in [2.75, 3.05) is 9.80 Å². The third-order valence-corrected chi connectivity index (χ3v) is 13.5. The predicted molar refractivity (Wildman–Crippen MR) is 269 cm³/mol. The lowest BCUT2D eigenvalue weighted by Crippen LogP contribution is -2.30. The molecule has 2 nitrogen and oxygen atoms in total. The van der Waals surface area contributed by atoms with Gasteiger partial charge in [-0.25, -0.2) is 0 Å². The van der Waals surface area contributed by atoms with Crippen LogP contribution in [0.25, 0.3) is 38.6 Å². The average molecular weight is 817 g/mol. The highest BCUT2D eigenvalue weighted by Crippen LogP contribution is 2.59. The molecule has 10 aromatic rings. The van der Waals surface area contributed by atoms with Crippen LogP contribution in [0.4, 0.5) is 34.1 Å². The van der Waals surface area contributed by atoms with E-state index in [1.165, 1.54) is 66.4 Å². The molecule has 12 rings (SSSR count). The minimum absolute atomic E-state index is 0.557. The summed E-state index contributed by atoms with van der Waals surface area (Å²) in [4.78, 5) is 4.86. The molecule has 0 fully saturated rings. The summed E-state index contributed by atoms with van der Waals surface area (Å²) in [5.41, 5.74) is 19.6. The van der Waals surface area contributed by atoms with Crippen molar-refractivity contribution in [2.45, 2.75) is 11.8 Å². The van der Waals surface area contributed by atoms with Crippen LogP contribution in [0.3, 0.4) is 0 Å². The van der Waals surface area contributed by atoms with Crippen LogP contribution >= 0.6 is 0 Å². The van der Waals surface area contributed by atoms with Crippen LogP contribution < -0.4 is 9.80 Å². The number of benzene rings is 10. The number of rotatable bonds is 7. The first-order valence-corrected chi connectivity index (χ1v) is 22.2. The standard InChI is InChI=1S/C62H44N2/c1-43-53-30-13-12-22-47(53)42-62(59-41-52(35-37-54(43)59)64(49-27-9-4-10-28-49)61-34-18-23-45-21-11-14-31-55(45)61)58-33-16-15-32-56(58)57-38-36-51(40-60(57)62)63(48-25-7-3-8-26-48)50-29-17-24-46(39-50)44-19-5-2-6-20-44/h2-41H,1,42H2. The Morgan fingerprint density at radius 2 is 0.859 bits per heavy atom. The molecule has 2 heteroatoms. The Labute approximate surface area is 375 Å². The molecule has 1 atom stereocenters. The highest BCUT2D eigenvalue weighted by molar-refractivity contribution is 6.00. The Morgan fingerprint density at radius 3 is 1.64 bits per heavy atom. The van der Waals surface area contributed by atoms with Crippen molar-refractivity contribution in [3.8, 4) is 22.3 Å². The zero-order chi connectivity index (χ0) is 42.6. The lowest BCUT2D eigenvalue weighted by molar-refractivity contribution is 0.631. The molecule has 0 bridgehead atoms. The molecule has 0 aromatic heterocycles. The van der Waals surface area contributed by atoms with Crippen LogP contribution in [-0.4, -0.2) is 0 Å². The second kappa shape index (κ2) is 15.3. The molecule has 0 radical (unpaired) electrons. The second-order valence-corrected chi connectivity index (χ2v) is 17.0. The zero-order valence-electron chi connectivity index (χ0n) is 35.4. The average Bonchev–Trinajstić information content (AvgIpc) is 3.58. The van der Waals surface area contributed by atoms with E-state index < -0.39 is 5.41 Å². The predicted octanol–water partition coefficient (Wildman–Crippen LogP) is 16.4. The second-order valence-electron chi connectivity index (χ2n) is 17.0. The molecular weight excluding hydrogens is 773 g/mol. The third-order valence-electron chi connectivity index (χ3n) is 13.5. The van der Waals surface area contributed by atoms with Gasteiger partial charge in [0.05, 0.1) is 11.1 Å². The van der Waals surface area contributed by atoms with Crippen molar-refractivity contribution in [1.29, 1.82) is 0 Å². The molecule has 0 N–H and O–H groups in total. The lowest BCUT2D eigenvalue weighted by atomic mass is 9.68. The van der Waals surface area contributed by atoms with E-state index in [-0.39, 0.29) is 0 Å². The molecule has 1 unspecified atom stereocenters. The van der Waals surface area contributed by atoms with E-state index in [2.05, 4.69) is 252 Å². The van der Waals surface area contributed by atoms with Gasteiger partial charge in [0.1, 0.15) is 0 Å². The number of hydrogen-bond donors (Lipinski definition) is 0. The van der Waals surface area contributed by atoms with E-state index in [0.29, 0.717) is 0 Å². The van der Waals surface area contributed by atoms with Gasteiger partial charge in [0.15, 0.2) is 0 Å². The van der Waals surface area contributed by atoms with Gasteiger partial charge in [0, 0.05) is 33.8 Å². The number of para-hydroxylation sites is 2. The summed E-state index contributed by atoms with van der Waals surface area (Å²) in [6, 6.07) is 88.9. The molecule has 302 valence electrons. The van der Waals surface area contributed by atoms with Gasteiger partial charge in [-0.3, -0.25) is 0 Å². The van der Waals surface area contributed by atoms with Gasteiger partial charge in [-0.2, -0.15) is 0 Å². The zero-order valence-corrected chi connectivity index (χ0v) is 35.4. The summed E-state index contributed by atoms with van der Waals surface area (Å²) in [5.74, 6) is 0. The van der Waals surface area contributed by atoms with Crippen molar-refractivity contribution in [3.05, 3.63) is 283 Å². The van der Waals surface area contributed by atoms with Crippen molar-refractivity contribution in [2.24, 2.45) is 0 Å². The molecule has 2 aliphatic rings. The first-order valence-electron chi connectivity index (χ1n) is 22.2. The van der Waals surface area contributed by atoms with Gasteiger partial charge in [0.25, 0.3) is 0 Å². The quantitative estimate of drug-likeness (QED) is 0.158. The molecule has 10 aromatic carbocycles. The van der Waals surface area contributed by atoms with E-state index in [9.17, 15) is 0 Å². The van der Waals surface area contributed by atoms with E-state index in [4.69, 9.17) is 6.58 Å². The third kappa shape index (κ3) is 6.02. The first kappa shape index (κ1) is 37.6. The Balaban J connectivity index is 1.13. The molecule has 0 saturated carbocycles. The maximum absolute atomic E-state index is 4.89. The molecule has 0 heterocycles. The van der Waals surface area contributed by atoms with E-state index in [1.807, 2.05) is 0 Å². The maximum atomic E-state index is 4.89. The minimum Gasteiger partial charge on any atom is -0.310 e. The summed E-state index contributed by atoms with van der Waals surface area (Å²) in [6.07, 6.45) is 0.778. The van der Waals surface area contributed by atoms with Crippen LogP contribution in [0.1, 0.15) is 33.4 Å². The maximum Gasteiger partial charge on any atom is 0.0540 e. The van der Waals surface area contributed by atoms with Crippen LogP contribution in [-0.2, 0) is 11.8 Å². The molecule has 2 aliphatic carbocycles. The SMILES string of the molecule is C=C1c2ccccc2CC2(c3cc(N(c4ccccc4)c4cccc5ccccc45)ccc31)c1ccccc1-c1ccc(N(c3ccccc3)c3cccc(-c4ccccc4)c3)cc12. The molecule has 0 aliphatic heterocycles. The minimum atomic E-state index is -0.557. The van der Waals surface area contributed by atoms with E-state index >= 15 is 0 Å². The van der Waals surface area contributed by atoms with Crippen LogP contribution in [0.5, 0.6) is 0 Å². The number of anilines is 6. The van der Waals surface area contributed by atoms with Crippen LogP contribution in [0.15, 0.2) is 249 Å². The fourth-order valence-corrected chi connectivity index (χ4v) is 10.6. The molecule has 0 amide bonds. The van der Waals surface area contributed by atoms with Gasteiger partial charge in [-0.15, -0.1) is 0 Å². The fourth-order valence-electron chi connectivity index (χ4n) is 10.6. The van der Waals surface area contributed by atoms with E-state index in [1.54, 1.807) is 0 Å². The summed E-state index contributed by atoms with van der Waals surface area (Å²) >= 11 is 0. The Bertz CT molecular complexity index is 3380. The van der Waals surface area contributed by atoms with Gasteiger partial charge < -0.3 is 9.80 Å². The smallest absolute Gasteiger partial charge is 0.0540 e. The van der Waals surface area contributed by atoms with Crippen LogP contribution in [0.2, 0.25) is 0 Å². The summed E-state index contributed by atoms with van der Waals surface area (Å²) in [5, 5.41) is 2.41. The van der Waals surface area contributed by atoms with E-state index in [0.717, 1.165) is 46.1 Å².